The Hall–Kier alpha value is -3.59. The van der Waals surface area contributed by atoms with Gasteiger partial charge in [0.2, 0.25) is 0 Å². The van der Waals surface area contributed by atoms with Gasteiger partial charge in [-0.15, -0.1) is 0 Å². The molecule has 0 atom stereocenters. The van der Waals surface area contributed by atoms with Gasteiger partial charge >= 0.3 is 161 Å². The SMILES string of the molecule is O=C(CN/N=C/c1ccc(Cl)cc1)Nc1ccc([Se](=O)(=O)c2ccc([N+](=O)[O-])cc2)cc1. The first kappa shape index (κ1) is 23.1. The number of nitrogens with one attached hydrogen (secondary N) is 2. The average molecular weight is 520 g/mol. The summed E-state index contributed by atoms with van der Waals surface area (Å²) in [5.41, 5.74) is 3.66. The minimum atomic E-state index is -4.72. The topological polar surface area (TPSA) is 131 Å². The molecule has 3 aromatic carbocycles. The molecule has 0 heterocycles. The predicted molar refractivity (Wildman–Crippen MR) is 122 cm³/mol. The molecule has 0 aromatic heterocycles. The number of hydrogen-bond acceptors (Lipinski definition) is 7. The van der Waals surface area contributed by atoms with Crippen LogP contribution in [0.25, 0.3) is 0 Å². The molecule has 0 aliphatic heterocycles. The number of nitro benzene ring substituents is 1. The number of carbonyl (C=O) groups excluding carboxylic acids is 1. The van der Waals surface area contributed by atoms with E-state index < -0.39 is 17.6 Å². The van der Waals surface area contributed by atoms with Crippen molar-refractivity contribution in [1.82, 2.24) is 5.43 Å². The van der Waals surface area contributed by atoms with E-state index in [1.54, 1.807) is 30.5 Å². The third-order valence-corrected chi connectivity index (χ3v) is 8.22. The van der Waals surface area contributed by atoms with Gasteiger partial charge in [-0.25, -0.2) is 0 Å². The van der Waals surface area contributed by atoms with Crippen LogP contribution >= 0.6 is 11.6 Å². The summed E-state index contributed by atoms with van der Waals surface area (Å²) in [5.74, 6) is -0.365. The van der Waals surface area contributed by atoms with Crippen molar-refractivity contribution in [1.29, 1.82) is 0 Å². The van der Waals surface area contributed by atoms with Crippen LogP contribution in [0.15, 0.2) is 77.9 Å². The van der Waals surface area contributed by atoms with Crippen LogP contribution in [0.1, 0.15) is 5.56 Å². The first-order valence-corrected chi connectivity index (χ1v) is 12.7. The van der Waals surface area contributed by atoms with Crippen LogP contribution in [0.3, 0.4) is 0 Å². The normalized spacial score (nSPS) is 11.3. The zero-order valence-corrected chi connectivity index (χ0v) is 18.9. The molecule has 0 saturated carbocycles. The van der Waals surface area contributed by atoms with Crippen molar-refractivity contribution in [2.75, 3.05) is 11.9 Å². The van der Waals surface area contributed by atoms with Gasteiger partial charge in [0.1, 0.15) is 0 Å². The van der Waals surface area contributed by atoms with Crippen LogP contribution in [0.4, 0.5) is 11.4 Å². The van der Waals surface area contributed by atoms with E-state index in [-0.39, 0.29) is 27.1 Å². The minimum absolute atomic E-state index is 0.00591. The average Bonchev–Trinajstić information content (AvgIpc) is 2.78. The molecule has 0 spiro atoms. The summed E-state index contributed by atoms with van der Waals surface area (Å²) in [6, 6.07) is 17.4. The van der Waals surface area contributed by atoms with Crippen molar-refractivity contribution in [2.45, 2.75) is 0 Å². The van der Waals surface area contributed by atoms with E-state index in [2.05, 4.69) is 15.8 Å². The summed E-state index contributed by atoms with van der Waals surface area (Å²) in [5, 5.41) is 17.9. The molecule has 9 nitrogen and oxygen atoms in total. The van der Waals surface area contributed by atoms with Gasteiger partial charge in [-0.05, 0) is 12.1 Å². The van der Waals surface area contributed by atoms with Gasteiger partial charge in [0.25, 0.3) is 0 Å². The maximum atomic E-state index is 12.7. The third kappa shape index (κ3) is 5.98. The Morgan fingerprint density at radius 3 is 2.09 bits per heavy atom. The van der Waals surface area contributed by atoms with Gasteiger partial charge < -0.3 is 0 Å². The predicted octanol–water partition coefficient (Wildman–Crippen LogP) is 2.23. The van der Waals surface area contributed by atoms with Gasteiger partial charge in [0.05, 0.1) is 0 Å². The number of nitro groups is 1. The van der Waals surface area contributed by atoms with Gasteiger partial charge in [0, 0.05) is 5.02 Å². The number of hydrazone groups is 1. The molecular formula is C21H17ClN4O5Se. The fourth-order valence-corrected chi connectivity index (χ4v) is 5.36. The van der Waals surface area contributed by atoms with Crippen LogP contribution in [-0.2, 0) is 12.5 Å². The summed E-state index contributed by atoms with van der Waals surface area (Å²) in [4.78, 5) is 22.2. The second-order valence-corrected chi connectivity index (χ2v) is 11.0. The number of non-ortho nitro benzene ring substituents is 1. The van der Waals surface area contributed by atoms with Crippen molar-refractivity contribution in [3.8, 4) is 0 Å². The van der Waals surface area contributed by atoms with Gasteiger partial charge in [-0.1, -0.05) is 11.6 Å². The number of benzene rings is 3. The molecule has 32 heavy (non-hydrogen) atoms. The Bertz CT molecular complexity index is 1240. The Kier molecular flexibility index (Phi) is 7.32. The molecule has 3 rings (SSSR count). The van der Waals surface area contributed by atoms with E-state index in [0.29, 0.717) is 10.7 Å². The van der Waals surface area contributed by atoms with E-state index in [1.165, 1.54) is 36.4 Å². The van der Waals surface area contributed by atoms with Crippen LogP contribution in [0, 0.1) is 10.1 Å². The van der Waals surface area contributed by atoms with E-state index in [9.17, 15) is 22.6 Å². The monoisotopic (exact) mass is 520 g/mol. The molecule has 164 valence electrons. The van der Waals surface area contributed by atoms with E-state index >= 15 is 0 Å². The molecule has 0 bridgehead atoms. The molecule has 1 amide bonds. The standard InChI is InChI=1S/C21H17ClN4O5Se/c22-16-3-1-15(2-4-16)13-23-24-14-21(27)25-17-5-9-19(10-6-17)32(30,31)20-11-7-18(8-12-20)26(28)29/h1-13,24H,14H2,(H,25,27)/b23-13+. The number of anilines is 1. The van der Waals surface area contributed by atoms with Crippen molar-refractivity contribution in [3.63, 3.8) is 0 Å². The molecule has 0 unspecified atom stereocenters. The van der Waals surface area contributed by atoms with Crippen molar-refractivity contribution < 1.29 is 17.4 Å². The van der Waals surface area contributed by atoms with E-state index in [0.717, 1.165) is 17.7 Å². The second-order valence-electron chi connectivity index (χ2n) is 6.47. The van der Waals surface area contributed by atoms with E-state index in [4.69, 9.17) is 11.6 Å². The van der Waals surface area contributed by atoms with Gasteiger partial charge in [-0.3, -0.25) is 0 Å². The van der Waals surface area contributed by atoms with Crippen molar-refractivity contribution in [3.05, 3.63) is 93.5 Å². The summed E-state index contributed by atoms with van der Waals surface area (Å²) < 4.78 is 25.6. The molecule has 2 N–H and O–H groups in total. The van der Waals surface area contributed by atoms with Crippen LogP contribution in [0.2, 0.25) is 5.02 Å². The first-order valence-electron chi connectivity index (χ1n) is 9.17. The first-order chi connectivity index (χ1) is 15.3. The zero-order valence-electron chi connectivity index (χ0n) is 16.4. The van der Waals surface area contributed by atoms with Gasteiger partial charge in [-0.2, -0.15) is 0 Å². The fourth-order valence-electron chi connectivity index (χ4n) is 2.59. The Labute approximate surface area is 189 Å². The van der Waals surface area contributed by atoms with Crippen molar-refractivity contribution in [2.24, 2.45) is 5.10 Å². The molecule has 0 saturated heterocycles. The van der Waals surface area contributed by atoms with Crippen LogP contribution < -0.4 is 19.7 Å². The molecule has 0 aliphatic carbocycles. The molecule has 0 radical (unpaired) electrons. The summed E-state index contributed by atoms with van der Waals surface area (Å²) >= 11 is 1.09. The van der Waals surface area contributed by atoms with Crippen LogP contribution in [-0.4, -0.2) is 36.3 Å². The molecule has 0 fully saturated rings. The third-order valence-electron chi connectivity index (χ3n) is 4.22. The van der Waals surface area contributed by atoms with Crippen LogP contribution in [0.5, 0.6) is 0 Å². The Morgan fingerprint density at radius 2 is 1.53 bits per heavy atom. The number of halogens is 1. The Morgan fingerprint density at radius 1 is 0.969 bits per heavy atom. The Balaban J connectivity index is 1.57. The number of carbonyl (C=O) groups is 1. The molecular weight excluding hydrogens is 503 g/mol. The van der Waals surface area contributed by atoms with Gasteiger partial charge in [0.15, 0.2) is 0 Å². The number of hydrogen-bond donors (Lipinski definition) is 2. The number of nitrogens with zero attached hydrogens (tertiary/aromatic N) is 2. The van der Waals surface area contributed by atoms with Crippen molar-refractivity contribution >= 4 is 56.7 Å². The zero-order chi connectivity index (χ0) is 23.1. The number of amides is 1. The molecule has 3 aromatic rings. The maximum absolute atomic E-state index is 12.7. The summed E-state index contributed by atoms with van der Waals surface area (Å²) in [6.07, 6.45) is 1.55. The summed E-state index contributed by atoms with van der Waals surface area (Å²) in [7, 11) is 0. The summed E-state index contributed by atoms with van der Waals surface area (Å²) in [6.45, 7) is -0.0858. The molecule has 0 aliphatic rings. The number of rotatable bonds is 8. The quantitative estimate of drug-likeness (QED) is 0.203. The fraction of sp³-hybridized carbons (Fsp3) is 0.0476. The molecule has 11 heteroatoms. The van der Waals surface area contributed by atoms with E-state index in [1.807, 2.05) is 0 Å². The second kappa shape index (κ2) is 10.1.